The summed E-state index contributed by atoms with van der Waals surface area (Å²) < 4.78 is 65.9. The third-order valence-corrected chi connectivity index (χ3v) is 6.37. The Labute approximate surface area is 153 Å². The molecule has 0 amide bonds. The van der Waals surface area contributed by atoms with E-state index < -0.39 is 21.7 Å². The molecule has 2 aromatic heterocycles. The molecule has 1 aliphatic rings. The summed E-state index contributed by atoms with van der Waals surface area (Å²) in [5, 5.41) is 0. The van der Waals surface area contributed by atoms with Crippen LogP contribution in [0.1, 0.15) is 31.5 Å². The van der Waals surface area contributed by atoms with Gasteiger partial charge in [-0.05, 0) is 37.1 Å². The Morgan fingerprint density at radius 2 is 1.81 bits per heavy atom. The van der Waals surface area contributed by atoms with E-state index in [2.05, 4.69) is 9.97 Å². The molecule has 0 saturated heterocycles. The Morgan fingerprint density at radius 1 is 1.11 bits per heavy atom. The van der Waals surface area contributed by atoms with E-state index >= 15 is 0 Å². The van der Waals surface area contributed by atoms with Crippen molar-refractivity contribution in [3.05, 3.63) is 42.1 Å². The molecule has 3 aromatic rings. The van der Waals surface area contributed by atoms with Crippen LogP contribution in [0.4, 0.5) is 13.2 Å². The van der Waals surface area contributed by atoms with Gasteiger partial charge in [0.1, 0.15) is 17.0 Å². The van der Waals surface area contributed by atoms with E-state index in [-0.39, 0.29) is 22.3 Å². The van der Waals surface area contributed by atoms with Gasteiger partial charge in [0.15, 0.2) is 15.5 Å². The number of fused-ring (bicyclic) bond motifs is 1. The molecule has 142 valence electrons. The minimum absolute atomic E-state index is 0.0293. The number of imidazole rings is 1. The lowest BCUT2D eigenvalue weighted by Crippen LogP contribution is -2.09. The molecule has 0 radical (unpaired) electrons. The number of hydrogen-bond acceptors (Lipinski definition) is 4. The molecule has 5 nitrogen and oxygen atoms in total. The zero-order valence-corrected chi connectivity index (χ0v) is 15.2. The maximum Gasteiger partial charge on any atom is 0.433 e. The van der Waals surface area contributed by atoms with Crippen molar-refractivity contribution in [3.63, 3.8) is 0 Å². The van der Waals surface area contributed by atoms with Gasteiger partial charge in [0.05, 0.1) is 10.6 Å². The Balaban J connectivity index is 2.01. The van der Waals surface area contributed by atoms with Crippen LogP contribution in [-0.4, -0.2) is 28.7 Å². The first-order chi connectivity index (χ1) is 12.7. The highest BCUT2D eigenvalue weighted by Crippen LogP contribution is 2.42. The van der Waals surface area contributed by atoms with Crippen molar-refractivity contribution in [3.8, 4) is 11.4 Å². The highest BCUT2D eigenvalue weighted by molar-refractivity contribution is 7.91. The molecule has 9 heteroatoms. The third-order valence-electron chi connectivity index (χ3n) is 4.58. The van der Waals surface area contributed by atoms with Gasteiger partial charge in [-0.3, -0.25) is 0 Å². The van der Waals surface area contributed by atoms with Crippen LogP contribution in [-0.2, 0) is 16.0 Å². The first-order valence-electron chi connectivity index (χ1n) is 8.50. The van der Waals surface area contributed by atoms with E-state index in [0.29, 0.717) is 16.9 Å². The zero-order valence-electron chi connectivity index (χ0n) is 14.4. The summed E-state index contributed by atoms with van der Waals surface area (Å²) in [4.78, 5) is 8.36. The minimum atomic E-state index is -4.56. The number of halogens is 3. The number of alkyl halides is 3. The lowest BCUT2D eigenvalue weighted by atomic mass is 10.2. The standard InChI is InChI=1S/C18H16F3N3O2S/c1-2-27(25,26)14-6-4-3-5-12(14)16-22-13-9-10-15(18(19,20)21)23-17(13)24(16)11-7-8-11/h3-6,9-11H,2,7-8H2,1H3. The van der Waals surface area contributed by atoms with Gasteiger partial charge in [0.25, 0.3) is 0 Å². The van der Waals surface area contributed by atoms with Crippen LogP contribution in [0.2, 0.25) is 0 Å². The van der Waals surface area contributed by atoms with E-state index in [1.165, 1.54) is 12.1 Å². The summed E-state index contributed by atoms with van der Waals surface area (Å²) in [6.07, 6.45) is -2.98. The fourth-order valence-electron chi connectivity index (χ4n) is 3.08. The van der Waals surface area contributed by atoms with E-state index in [0.717, 1.165) is 18.9 Å². The van der Waals surface area contributed by atoms with Crippen molar-refractivity contribution < 1.29 is 21.6 Å². The molecule has 0 atom stereocenters. The van der Waals surface area contributed by atoms with Crippen molar-refractivity contribution in [1.82, 2.24) is 14.5 Å². The van der Waals surface area contributed by atoms with Crippen LogP contribution < -0.4 is 0 Å². The predicted octanol–water partition coefficient (Wildman–Crippen LogP) is 4.25. The number of sulfone groups is 1. The molecule has 1 fully saturated rings. The molecule has 1 saturated carbocycles. The second-order valence-electron chi connectivity index (χ2n) is 6.47. The van der Waals surface area contributed by atoms with Crippen molar-refractivity contribution >= 4 is 21.0 Å². The smallest absolute Gasteiger partial charge is 0.306 e. The molecule has 0 bridgehead atoms. The summed E-state index contributed by atoms with van der Waals surface area (Å²) in [5.74, 6) is 0.261. The lowest BCUT2D eigenvalue weighted by Gasteiger charge is -2.12. The molecule has 1 aliphatic carbocycles. The first-order valence-corrected chi connectivity index (χ1v) is 10.2. The molecule has 0 unspecified atom stereocenters. The highest BCUT2D eigenvalue weighted by atomic mass is 32.2. The number of aromatic nitrogens is 3. The molecule has 27 heavy (non-hydrogen) atoms. The fourth-order valence-corrected chi connectivity index (χ4v) is 4.17. The van der Waals surface area contributed by atoms with Gasteiger partial charge in [-0.1, -0.05) is 19.1 Å². The van der Waals surface area contributed by atoms with Crippen LogP contribution in [0.25, 0.3) is 22.6 Å². The largest absolute Gasteiger partial charge is 0.433 e. The Kier molecular flexibility index (Phi) is 4.03. The Morgan fingerprint density at radius 3 is 2.44 bits per heavy atom. The van der Waals surface area contributed by atoms with Crippen molar-refractivity contribution in [1.29, 1.82) is 0 Å². The average Bonchev–Trinajstić information content (AvgIpc) is 3.40. The quantitative estimate of drug-likeness (QED) is 0.663. The van der Waals surface area contributed by atoms with Gasteiger partial charge in [0.2, 0.25) is 0 Å². The number of benzene rings is 1. The van der Waals surface area contributed by atoms with Gasteiger partial charge in [-0.2, -0.15) is 13.2 Å². The summed E-state index contributed by atoms with van der Waals surface area (Å²) in [6.45, 7) is 1.55. The Bertz CT molecular complexity index is 1130. The highest BCUT2D eigenvalue weighted by Gasteiger charge is 2.35. The average molecular weight is 395 g/mol. The zero-order chi connectivity index (χ0) is 19.4. The normalized spacial score (nSPS) is 15.4. The van der Waals surface area contributed by atoms with Crippen molar-refractivity contribution in [2.24, 2.45) is 0 Å². The van der Waals surface area contributed by atoms with Gasteiger partial charge < -0.3 is 4.57 Å². The Hall–Kier alpha value is -2.42. The van der Waals surface area contributed by atoms with Crippen LogP contribution in [0.15, 0.2) is 41.3 Å². The van der Waals surface area contributed by atoms with Crippen LogP contribution in [0.5, 0.6) is 0 Å². The maximum absolute atomic E-state index is 13.1. The number of nitrogens with zero attached hydrogens (tertiary/aromatic N) is 3. The number of hydrogen-bond donors (Lipinski definition) is 0. The van der Waals surface area contributed by atoms with Crippen LogP contribution >= 0.6 is 0 Å². The van der Waals surface area contributed by atoms with Crippen LogP contribution in [0, 0.1) is 0 Å². The van der Waals surface area contributed by atoms with Gasteiger partial charge in [-0.25, -0.2) is 18.4 Å². The van der Waals surface area contributed by atoms with Crippen LogP contribution in [0.3, 0.4) is 0 Å². The van der Waals surface area contributed by atoms with Crippen molar-refractivity contribution in [2.45, 2.75) is 36.9 Å². The third kappa shape index (κ3) is 3.09. The fraction of sp³-hybridized carbons (Fsp3) is 0.333. The lowest BCUT2D eigenvalue weighted by molar-refractivity contribution is -0.141. The molecular formula is C18H16F3N3O2S. The summed E-state index contributed by atoms with van der Waals surface area (Å²) in [6, 6.07) is 8.59. The SMILES string of the molecule is CCS(=O)(=O)c1ccccc1-c1nc2ccc(C(F)(F)F)nc2n1C1CC1. The van der Waals surface area contributed by atoms with E-state index in [9.17, 15) is 21.6 Å². The second-order valence-corrected chi connectivity index (χ2v) is 8.72. The molecule has 0 N–H and O–H groups in total. The van der Waals surface area contributed by atoms with E-state index in [4.69, 9.17) is 0 Å². The van der Waals surface area contributed by atoms with Gasteiger partial charge in [0, 0.05) is 11.6 Å². The minimum Gasteiger partial charge on any atom is -0.306 e. The molecule has 2 heterocycles. The summed E-state index contributed by atoms with van der Waals surface area (Å²) >= 11 is 0. The second kappa shape index (κ2) is 6.05. The number of pyridine rings is 1. The topological polar surface area (TPSA) is 64.8 Å². The monoisotopic (exact) mass is 395 g/mol. The molecule has 1 aromatic carbocycles. The van der Waals surface area contributed by atoms with E-state index in [1.54, 1.807) is 29.7 Å². The summed E-state index contributed by atoms with van der Waals surface area (Å²) in [5.41, 5.74) is -0.157. The predicted molar refractivity (Wildman–Crippen MR) is 94.0 cm³/mol. The van der Waals surface area contributed by atoms with Gasteiger partial charge in [-0.15, -0.1) is 0 Å². The molecule has 4 rings (SSSR count). The van der Waals surface area contributed by atoms with Gasteiger partial charge >= 0.3 is 6.18 Å². The molecular weight excluding hydrogens is 379 g/mol. The molecule has 0 spiro atoms. The summed E-state index contributed by atoms with van der Waals surface area (Å²) in [7, 11) is -3.52. The molecule has 0 aliphatic heterocycles. The van der Waals surface area contributed by atoms with Crippen molar-refractivity contribution in [2.75, 3.05) is 5.75 Å². The first kappa shape index (κ1) is 18.0. The number of rotatable bonds is 4. The maximum atomic E-state index is 13.1. The van der Waals surface area contributed by atoms with E-state index in [1.807, 2.05) is 0 Å².